The minimum Gasteiger partial charge on any atom is -0.504 e. The van der Waals surface area contributed by atoms with E-state index in [1.807, 2.05) is 0 Å². The quantitative estimate of drug-likeness (QED) is 0.553. The summed E-state index contributed by atoms with van der Waals surface area (Å²) in [5.74, 6) is -0.225. The van der Waals surface area contributed by atoms with Crippen molar-refractivity contribution < 1.29 is 23.1 Å². The van der Waals surface area contributed by atoms with Gasteiger partial charge in [0.2, 0.25) is 10.0 Å². The van der Waals surface area contributed by atoms with E-state index in [0.29, 0.717) is 17.9 Å². The van der Waals surface area contributed by atoms with Crippen LogP contribution in [-0.4, -0.2) is 50.7 Å². The Labute approximate surface area is 158 Å². The van der Waals surface area contributed by atoms with E-state index in [4.69, 9.17) is 4.74 Å². The number of phenols is 1. The SMILES string of the molecule is CCOc1cc(/C=N/NC(=O)c2cccc(S(=O)(=O)N(C)C)c2)ccc1O. The van der Waals surface area contributed by atoms with Gasteiger partial charge in [-0.15, -0.1) is 0 Å². The molecule has 1 amide bonds. The number of benzene rings is 2. The van der Waals surface area contributed by atoms with Gasteiger partial charge in [0, 0.05) is 19.7 Å². The van der Waals surface area contributed by atoms with Crippen LogP contribution in [0.5, 0.6) is 11.5 Å². The second-order valence-electron chi connectivity index (χ2n) is 5.67. The van der Waals surface area contributed by atoms with Crippen molar-refractivity contribution in [3.8, 4) is 11.5 Å². The molecule has 144 valence electrons. The highest BCUT2D eigenvalue weighted by Crippen LogP contribution is 2.26. The minimum absolute atomic E-state index is 0.0111. The lowest BCUT2D eigenvalue weighted by molar-refractivity contribution is 0.0955. The molecule has 0 radical (unpaired) electrons. The number of nitrogens with one attached hydrogen (secondary N) is 1. The van der Waals surface area contributed by atoms with Crippen molar-refractivity contribution in [3.63, 3.8) is 0 Å². The predicted octanol–water partition coefficient (Wildman–Crippen LogP) is 1.81. The molecular weight excluding hydrogens is 370 g/mol. The maximum absolute atomic E-state index is 12.2. The molecule has 0 saturated carbocycles. The van der Waals surface area contributed by atoms with Gasteiger partial charge in [-0.1, -0.05) is 6.07 Å². The van der Waals surface area contributed by atoms with E-state index in [0.717, 1.165) is 4.31 Å². The third kappa shape index (κ3) is 5.05. The number of ether oxygens (including phenoxy) is 1. The number of nitrogens with zero attached hydrogens (tertiary/aromatic N) is 2. The summed E-state index contributed by atoms with van der Waals surface area (Å²) in [7, 11) is -0.799. The zero-order valence-electron chi connectivity index (χ0n) is 15.2. The van der Waals surface area contributed by atoms with E-state index in [9.17, 15) is 18.3 Å². The van der Waals surface area contributed by atoms with Crippen molar-refractivity contribution in [2.75, 3.05) is 20.7 Å². The number of aromatic hydroxyl groups is 1. The van der Waals surface area contributed by atoms with Gasteiger partial charge in [0.05, 0.1) is 17.7 Å². The molecule has 0 atom stereocenters. The van der Waals surface area contributed by atoms with Crippen LogP contribution in [0.4, 0.5) is 0 Å². The van der Waals surface area contributed by atoms with Gasteiger partial charge in [0.25, 0.3) is 5.91 Å². The van der Waals surface area contributed by atoms with Crippen LogP contribution in [-0.2, 0) is 10.0 Å². The summed E-state index contributed by atoms with van der Waals surface area (Å²) in [4.78, 5) is 12.2. The number of rotatable bonds is 7. The molecule has 2 aromatic carbocycles. The summed E-state index contributed by atoms with van der Waals surface area (Å²) in [6.07, 6.45) is 1.39. The average molecular weight is 391 g/mol. The van der Waals surface area contributed by atoms with Gasteiger partial charge in [-0.3, -0.25) is 4.79 Å². The number of carbonyl (C=O) groups is 1. The summed E-state index contributed by atoms with van der Waals surface area (Å²) in [6, 6.07) is 10.3. The predicted molar refractivity (Wildman–Crippen MR) is 102 cm³/mol. The zero-order chi connectivity index (χ0) is 20.0. The van der Waals surface area contributed by atoms with E-state index in [1.54, 1.807) is 19.1 Å². The molecule has 0 aliphatic carbocycles. The van der Waals surface area contributed by atoms with Crippen molar-refractivity contribution in [2.24, 2.45) is 5.10 Å². The van der Waals surface area contributed by atoms with Crippen LogP contribution in [0.1, 0.15) is 22.8 Å². The molecule has 0 fully saturated rings. The summed E-state index contributed by atoms with van der Waals surface area (Å²) in [6.45, 7) is 2.20. The van der Waals surface area contributed by atoms with Crippen molar-refractivity contribution in [2.45, 2.75) is 11.8 Å². The lowest BCUT2D eigenvalue weighted by atomic mass is 10.2. The van der Waals surface area contributed by atoms with Crippen LogP contribution >= 0.6 is 0 Å². The van der Waals surface area contributed by atoms with E-state index in [2.05, 4.69) is 10.5 Å². The number of hydrogen-bond acceptors (Lipinski definition) is 6. The fraction of sp³-hybridized carbons (Fsp3) is 0.222. The maximum Gasteiger partial charge on any atom is 0.271 e. The summed E-state index contributed by atoms with van der Waals surface area (Å²) < 4.78 is 30.7. The van der Waals surface area contributed by atoms with Gasteiger partial charge < -0.3 is 9.84 Å². The number of carbonyl (C=O) groups excluding carboxylic acids is 1. The normalized spacial score (nSPS) is 11.7. The number of amides is 1. The third-order valence-electron chi connectivity index (χ3n) is 3.54. The van der Waals surface area contributed by atoms with Crippen molar-refractivity contribution in [3.05, 3.63) is 53.6 Å². The highest BCUT2D eigenvalue weighted by molar-refractivity contribution is 7.89. The monoisotopic (exact) mass is 391 g/mol. The molecule has 8 nitrogen and oxygen atoms in total. The van der Waals surface area contributed by atoms with E-state index in [-0.39, 0.29) is 16.2 Å². The van der Waals surface area contributed by atoms with Gasteiger partial charge >= 0.3 is 0 Å². The Morgan fingerprint density at radius 2 is 2.00 bits per heavy atom. The lowest BCUT2D eigenvalue weighted by Gasteiger charge is -2.11. The summed E-state index contributed by atoms with van der Waals surface area (Å²) in [5.41, 5.74) is 3.11. The van der Waals surface area contributed by atoms with Crippen LogP contribution in [0.25, 0.3) is 0 Å². The van der Waals surface area contributed by atoms with E-state index in [1.165, 1.54) is 50.6 Å². The lowest BCUT2D eigenvalue weighted by Crippen LogP contribution is -2.23. The molecule has 27 heavy (non-hydrogen) atoms. The Morgan fingerprint density at radius 3 is 2.67 bits per heavy atom. The highest BCUT2D eigenvalue weighted by Gasteiger charge is 2.18. The number of hydrogen-bond donors (Lipinski definition) is 2. The molecule has 0 spiro atoms. The second-order valence-corrected chi connectivity index (χ2v) is 7.83. The highest BCUT2D eigenvalue weighted by atomic mass is 32.2. The van der Waals surface area contributed by atoms with Gasteiger partial charge in [0.15, 0.2) is 11.5 Å². The number of phenolic OH excluding ortho intramolecular Hbond substituents is 1. The molecule has 0 aliphatic rings. The van der Waals surface area contributed by atoms with Gasteiger partial charge in [-0.2, -0.15) is 5.10 Å². The molecule has 2 aromatic rings. The molecule has 2 rings (SSSR count). The van der Waals surface area contributed by atoms with Crippen molar-refractivity contribution >= 4 is 22.1 Å². The number of hydrazone groups is 1. The van der Waals surface area contributed by atoms with Crippen LogP contribution < -0.4 is 10.2 Å². The molecular formula is C18H21N3O5S. The van der Waals surface area contributed by atoms with Crippen LogP contribution in [0, 0.1) is 0 Å². The molecule has 0 bridgehead atoms. The molecule has 9 heteroatoms. The Kier molecular flexibility index (Phi) is 6.54. The molecule has 0 aliphatic heterocycles. The smallest absolute Gasteiger partial charge is 0.271 e. The summed E-state index contributed by atoms with van der Waals surface area (Å²) in [5, 5.41) is 13.5. The third-order valence-corrected chi connectivity index (χ3v) is 5.35. The topological polar surface area (TPSA) is 108 Å². The molecule has 0 saturated heterocycles. The largest absolute Gasteiger partial charge is 0.504 e. The van der Waals surface area contributed by atoms with Crippen LogP contribution in [0.2, 0.25) is 0 Å². The molecule has 0 unspecified atom stereocenters. The fourth-order valence-corrected chi connectivity index (χ4v) is 3.07. The standard InChI is InChI=1S/C18H21N3O5S/c1-4-26-17-10-13(8-9-16(17)22)12-19-20-18(23)14-6-5-7-15(11-14)27(24,25)21(2)3/h5-12,22H,4H2,1-3H3,(H,20,23)/b19-12+. The molecule has 0 heterocycles. The van der Waals surface area contributed by atoms with Crippen LogP contribution in [0.3, 0.4) is 0 Å². The van der Waals surface area contributed by atoms with E-state index >= 15 is 0 Å². The average Bonchev–Trinajstić information content (AvgIpc) is 2.64. The molecule has 0 aromatic heterocycles. The fourth-order valence-electron chi connectivity index (χ4n) is 2.12. The second kappa shape index (κ2) is 8.65. The zero-order valence-corrected chi connectivity index (χ0v) is 16.0. The Morgan fingerprint density at radius 1 is 1.26 bits per heavy atom. The Balaban J connectivity index is 2.12. The number of sulfonamides is 1. The van der Waals surface area contributed by atoms with Crippen molar-refractivity contribution in [1.82, 2.24) is 9.73 Å². The maximum atomic E-state index is 12.2. The Bertz CT molecular complexity index is 955. The van der Waals surface area contributed by atoms with Gasteiger partial charge in [-0.05, 0) is 48.9 Å². The first-order chi connectivity index (χ1) is 12.8. The van der Waals surface area contributed by atoms with E-state index < -0.39 is 15.9 Å². The summed E-state index contributed by atoms with van der Waals surface area (Å²) >= 11 is 0. The molecule has 2 N–H and O–H groups in total. The first-order valence-corrected chi connectivity index (χ1v) is 9.51. The van der Waals surface area contributed by atoms with Crippen molar-refractivity contribution in [1.29, 1.82) is 0 Å². The first-order valence-electron chi connectivity index (χ1n) is 8.07. The van der Waals surface area contributed by atoms with Gasteiger partial charge in [-0.25, -0.2) is 18.1 Å². The van der Waals surface area contributed by atoms with Crippen LogP contribution in [0.15, 0.2) is 52.5 Å². The Hall–Kier alpha value is -2.91. The first kappa shape index (κ1) is 20.4. The minimum atomic E-state index is -3.63. The van der Waals surface area contributed by atoms with Gasteiger partial charge in [0.1, 0.15) is 0 Å².